The van der Waals surface area contributed by atoms with Crippen molar-refractivity contribution in [3.63, 3.8) is 0 Å². The molecular weight excluding hydrogens is 274 g/mol. The van der Waals surface area contributed by atoms with Gasteiger partial charge in [-0.15, -0.1) is 12.4 Å². The average Bonchev–Trinajstić information content (AvgIpc) is 2.47. The zero-order chi connectivity index (χ0) is 13.5. The third-order valence-corrected chi connectivity index (χ3v) is 2.83. The first-order chi connectivity index (χ1) is 9.25. The van der Waals surface area contributed by atoms with Gasteiger partial charge in [-0.05, 0) is 17.5 Å². The molecular formula is C16H18ClNO2. The van der Waals surface area contributed by atoms with Crippen molar-refractivity contribution in [3.05, 3.63) is 71.8 Å². The van der Waals surface area contributed by atoms with E-state index in [0.717, 1.165) is 11.1 Å². The van der Waals surface area contributed by atoms with Crippen molar-refractivity contribution in [1.29, 1.82) is 0 Å². The van der Waals surface area contributed by atoms with Crippen LogP contribution in [0.2, 0.25) is 0 Å². The van der Waals surface area contributed by atoms with Crippen LogP contribution in [0.4, 0.5) is 0 Å². The molecule has 1 atom stereocenters. The van der Waals surface area contributed by atoms with Crippen molar-refractivity contribution in [2.45, 2.75) is 19.1 Å². The van der Waals surface area contributed by atoms with Gasteiger partial charge in [-0.25, -0.2) is 0 Å². The van der Waals surface area contributed by atoms with Crippen LogP contribution >= 0.6 is 12.4 Å². The van der Waals surface area contributed by atoms with Crippen LogP contribution in [-0.2, 0) is 22.6 Å². The number of ether oxygens (including phenoxy) is 1. The Hall–Kier alpha value is -1.84. The highest BCUT2D eigenvalue weighted by Crippen LogP contribution is 2.05. The highest BCUT2D eigenvalue weighted by Gasteiger charge is 2.15. The Morgan fingerprint density at radius 3 is 2.00 bits per heavy atom. The van der Waals surface area contributed by atoms with Crippen molar-refractivity contribution in [2.24, 2.45) is 5.73 Å². The molecule has 2 N–H and O–H groups in total. The Bertz CT molecular complexity index is 517. The highest BCUT2D eigenvalue weighted by molar-refractivity contribution is 5.85. The number of nitrogens with two attached hydrogens (primary N) is 1. The van der Waals surface area contributed by atoms with Crippen molar-refractivity contribution < 1.29 is 9.53 Å². The summed E-state index contributed by atoms with van der Waals surface area (Å²) in [6.45, 7) is 0.266. The fraction of sp³-hybridized carbons (Fsp3) is 0.188. The number of hydrogen-bond donors (Lipinski definition) is 1. The molecule has 4 heteroatoms. The summed E-state index contributed by atoms with van der Waals surface area (Å²) in [6.07, 6.45) is 0.495. The van der Waals surface area contributed by atoms with E-state index in [-0.39, 0.29) is 25.0 Å². The summed E-state index contributed by atoms with van der Waals surface area (Å²) in [5, 5.41) is 0. The molecule has 0 aromatic heterocycles. The molecule has 0 heterocycles. The van der Waals surface area contributed by atoms with E-state index in [0.29, 0.717) is 6.42 Å². The SMILES string of the molecule is Cl.N[C@H](Cc1ccccc1)C(=O)OCc1ccccc1. The number of hydrogen-bond acceptors (Lipinski definition) is 3. The molecule has 0 spiro atoms. The van der Waals surface area contributed by atoms with E-state index >= 15 is 0 Å². The second kappa shape index (κ2) is 8.35. The first-order valence-electron chi connectivity index (χ1n) is 6.26. The van der Waals surface area contributed by atoms with Crippen molar-refractivity contribution in [3.8, 4) is 0 Å². The molecule has 0 fully saturated rings. The zero-order valence-corrected chi connectivity index (χ0v) is 11.9. The first-order valence-corrected chi connectivity index (χ1v) is 6.26. The van der Waals surface area contributed by atoms with Crippen molar-refractivity contribution >= 4 is 18.4 Å². The van der Waals surface area contributed by atoms with Crippen LogP contribution < -0.4 is 5.73 Å². The normalized spacial score (nSPS) is 11.2. The number of carbonyl (C=O) groups excluding carboxylic acids is 1. The lowest BCUT2D eigenvalue weighted by molar-refractivity contribution is -0.146. The second-order valence-corrected chi connectivity index (χ2v) is 4.39. The Morgan fingerprint density at radius 1 is 0.950 bits per heavy atom. The molecule has 0 aliphatic carbocycles. The van der Waals surface area contributed by atoms with Gasteiger partial charge < -0.3 is 10.5 Å². The quantitative estimate of drug-likeness (QED) is 0.862. The van der Waals surface area contributed by atoms with E-state index < -0.39 is 6.04 Å². The molecule has 0 unspecified atom stereocenters. The maximum atomic E-state index is 11.8. The first kappa shape index (κ1) is 16.2. The lowest BCUT2D eigenvalue weighted by Crippen LogP contribution is -2.34. The Labute approximate surface area is 125 Å². The van der Waals surface area contributed by atoms with Gasteiger partial charge in [0.1, 0.15) is 12.6 Å². The minimum absolute atomic E-state index is 0. The summed E-state index contributed by atoms with van der Waals surface area (Å²) < 4.78 is 5.20. The van der Waals surface area contributed by atoms with E-state index in [9.17, 15) is 4.79 Å². The standard InChI is InChI=1S/C16H17NO2.ClH/c17-15(11-13-7-3-1-4-8-13)16(18)19-12-14-9-5-2-6-10-14;/h1-10,15H,11-12,17H2;1H/t15-;/m1./s1. The molecule has 2 aromatic rings. The van der Waals surface area contributed by atoms with Crippen LogP contribution in [0.3, 0.4) is 0 Å². The predicted molar refractivity (Wildman–Crippen MR) is 81.6 cm³/mol. The number of benzene rings is 2. The zero-order valence-electron chi connectivity index (χ0n) is 11.1. The fourth-order valence-electron chi connectivity index (χ4n) is 1.79. The smallest absolute Gasteiger partial charge is 0.323 e. The monoisotopic (exact) mass is 291 g/mol. The summed E-state index contributed by atoms with van der Waals surface area (Å²) in [7, 11) is 0. The summed E-state index contributed by atoms with van der Waals surface area (Å²) in [6, 6.07) is 18.6. The molecule has 0 bridgehead atoms. The van der Waals surface area contributed by atoms with Crippen LogP contribution in [0.15, 0.2) is 60.7 Å². The molecule has 0 amide bonds. The molecule has 0 saturated carbocycles. The minimum atomic E-state index is -0.619. The van der Waals surface area contributed by atoms with Gasteiger partial charge in [-0.3, -0.25) is 4.79 Å². The minimum Gasteiger partial charge on any atom is -0.460 e. The van der Waals surface area contributed by atoms with E-state index in [1.165, 1.54) is 0 Å². The van der Waals surface area contributed by atoms with Crippen molar-refractivity contribution in [2.75, 3.05) is 0 Å². The lowest BCUT2D eigenvalue weighted by atomic mass is 10.1. The predicted octanol–water partition coefficient (Wildman–Crippen LogP) is 2.72. The summed E-state index contributed by atoms with van der Waals surface area (Å²) in [5.74, 6) is -0.368. The van der Waals surface area contributed by atoms with Crippen LogP contribution in [0.5, 0.6) is 0 Å². The molecule has 20 heavy (non-hydrogen) atoms. The van der Waals surface area contributed by atoms with Crippen LogP contribution in [0.1, 0.15) is 11.1 Å². The molecule has 0 aliphatic rings. The average molecular weight is 292 g/mol. The maximum absolute atomic E-state index is 11.8. The number of esters is 1. The summed E-state index contributed by atoms with van der Waals surface area (Å²) in [5.41, 5.74) is 7.83. The van der Waals surface area contributed by atoms with Gasteiger partial charge in [0, 0.05) is 0 Å². The number of rotatable bonds is 5. The molecule has 0 radical (unpaired) electrons. The summed E-state index contributed by atoms with van der Waals surface area (Å²) in [4.78, 5) is 11.8. The Kier molecular flexibility index (Phi) is 6.77. The van der Waals surface area contributed by atoms with Gasteiger partial charge in [0.25, 0.3) is 0 Å². The van der Waals surface area contributed by atoms with Crippen LogP contribution in [-0.4, -0.2) is 12.0 Å². The molecule has 0 saturated heterocycles. The third-order valence-electron chi connectivity index (χ3n) is 2.83. The van der Waals surface area contributed by atoms with E-state index in [1.807, 2.05) is 60.7 Å². The Morgan fingerprint density at radius 2 is 1.45 bits per heavy atom. The van der Waals surface area contributed by atoms with Crippen molar-refractivity contribution in [1.82, 2.24) is 0 Å². The molecule has 0 aliphatic heterocycles. The van der Waals surface area contributed by atoms with E-state index in [4.69, 9.17) is 10.5 Å². The van der Waals surface area contributed by atoms with Gasteiger partial charge in [0.05, 0.1) is 0 Å². The van der Waals surface area contributed by atoms with Crippen LogP contribution in [0.25, 0.3) is 0 Å². The van der Waals surface area contributed by atoms with E-state index in [1.54, 1.807) is 0 Å². The molecule has 3 nitrogen and oxygen atoms in total. The maximum Gasteiger partial charge on any atom is 0.323 e. The molecule has 2 rings (SSSR count). The lowest BCUT2D eigenvalue weighted by Gasteiger charge is -2.11. The summed E-state index contributed by atoms with van der Waals surface area (Å²) >= 11 is 0. The van der Waals surface area contributed by atoms with Crippen LogP contribution in [0, 0.1) is 0 Å². The highest BCUT2D eigenvalue weighted by atomic mass is 35.5. The topological polar surface area (TPSA) is 52.3 Å². The second-order valence-electron chi connectivity index (χ2n) is 4.39. The van der Waals surface area contributed by atoms with Gasteiger partial charge >= 0.3 is 5.97 Å². The van der Waals surface area contributed by atoms with E-state index in [2.05, 4.69) is 0 Å². The van der Waals surface area contributed by atoms with Gasteiger partial charge in [0.15, 0.2) is 0 Å². The molecule has 2 aromatic carbocycles. The Balaban J connectivity index is 0.00000200. The largest absolute Gasteiger partial charge is 0.460 e. The molecule has 106 valence electrons. The van der Waals surface area contributed by atoms with Gasteiger partial charge in [0.2, 0.25) is 0 Å². The number of halogens is 1. The van der Waals surface area contributed by atoms with Gasteiger partial charge in [-0.2, -0.15) is 0 Å². The third kappa shape index (κ3) is 5.03. The van der Waals surface area contributed by atoms with Gasteiger partial charge in [-0.1, -0.05) is 60.7 Å². The fourth-order valence-corrected chi connectivity index (χ4v) is 1.79. The number of carbonyl (C=O) groups is 1.